The summed E-state index contributed by atoms with van der Waals surface area (Å²) in [6, 6.07) is 0. The highest BCUT2D eigenvalue weighted by molar-refractivity contribution is 5.18. The van der Waals surface area contributed by atoms with Crippen molar-refractivity contribution >= 4 is 0 Å². The van der Waals surface area contributed by atoms with Crippen molar-refractivity contribution in [1.29, 1.82) is 0 Å². The molecule has 2 bridgehead atoms. The normalized spacial score (nSPS) is 40.7. The molecule has 2 fully saturated rings. The van der Waals surface area contributed by atoms with Crippen LogP contribution in [0.25, 0.3) is 0 Å². The molecule has 0 aromatic carbocycles. The first-order valence-electron chi connectivity index (χ1n) is 8.68. The predicted molar refractivity (Wildman–Crippen MR) is 87.2 cm³/mol. The molecular weight excluding hydrogens is 262 g/mol. The van der Waals surface area contributed by atoms with Crippen LogP contribution in [0, 0.1) is 16.7 Å². The van der Waals surface area contributed by atoms with Crippen LogP contribution < -0.4 is 0 Å². The van der Waals surface area contributed by atoms with Gasteiger partial charge in [0.05, 0.1) is 11.2 Å². The molecule has 0 aliphatic heterocycles. The maximum atomic E-state index is 11.4. The number of fused-ring (bicyclic) bond motifs is 2. The Bertz CT molecular complexity index is 389. The molecule has 21 heavy (non-hydrogen) atoms. The summed E-state index contributed by atoms with van der Waals surface area (Å²) < 4.78 is 0. The quantitative estimate of drug-likeness (QED) is 0.792. The fourth-order valence-electron chi connectivity index (χ4n) is 5.30. The smallest absolute Gasteiger partial charge is 0.0773 e. The highest BCUT2D eigenvalue weighted by Crippen LogP contribution is 2.70. The van der Waals surface area contributed by atoms with E-state index in [2.05, 4.69) is 39.5 Å². The van der Waals surface area contributed by atoms with Gasteiger partial charge in [0.2, 0.25) is 0 Å². The van der Waals surface area contributed by atoms with Crippen molar-refractivity contribution in [2.24, 2.45) is 16.7 Å². The fourth-order valence-corrected chi connectivity index (χ4v) is 5.30. The molecule has 2 saturated carbocycles. The molecule has 0 spiro atoms. The summed E-state index contributed by atoms with van der Waals surface area (Å²) in [6.45, 7) is 15.5. The van der Waals surface area contributed by atoms with Crippen LogP contribution in [0.1, 0.15) is 67.2 Å². The van der Waals surface area contributed by atoms with Gasteiger partial charge in [-0.15, -0.1) is 0 Å². The van der Waals surface area contributed by atoms with E-state index in [1.807, 2.05) is 6.92 Å². The molecule has 124 valence electrons. The molecule has 2 aliphatic rings. The third-order valence-electron chi connectivity index (χ3n) is 7.18. The topological polar surface area (TPSA) is 43.7 Å². The second-order valence-corrected chi connectivity index (χ2v) is 8.66. The van der Waals surface area contributed by atoms with Gasteiger partial charge >= 0.3 is 0 Å². The van der Waals surface area contributed by atoms with Gasteiger partial charge in [0.25, 0.3) is 0 Å². The lowest BCUT2D eigenvalue weighted by Crippen LogP contribution is -2.54. The van der Waals surface area contributed by atoms with Crippen LogP contribution in [0.4, 0.5) is 0 Å². The molecule has 0 aromatic heterocycles. The maximum Gasteiger partial charge on any atom is 0.0773 e. The van der Waals surface area contributed by atoms with Crippen molar-refractivity contribution in [1.82, 2.24) is 4.90 Å². The van der Waals surface area contributed by atoms with E-state index in [4.69, 9.17) is 0 Å². The first kappa shape index (κ1) is 17.2. The Labute approximate surface area is 130 Å². The van der Waals surface area contributed by atoms with Gasteiger partial charge in [0, 0.05) is 18.4 Å². The van der Waals surface area contributed by atoms with Gasteiger partial charge in [-0.05, 0) is 50.6 Å². The number of hydrogen-bond donors (Lipinski definition) is 2. The van der Waals surface area contributed by atoms with Gasteiger partial charge in [-0.3, -0.25) is 0 Å². The van der Waals surface area contributed by atoms with E-state index >= 15 is 0 Å². The fraction of sp³-hybridized carbons (Fsp3) is 1.00. The summed E-state index contributed by atoms with van der Waals surface area (Å²) in [6.07, 6.45) is 3.66. The molecule has 1 unspecified atom stereocenters. The molecule has 0 radical (unpaired) electrons. The van der Waals surface area contributed by atoms with E-state index in [1.54, 1.807) is 0 Å². The average Bonchev–Trinajstić information content (AvgIpc) is 2.66. The van der Waals surface area contributed by atoms with Crippen LogP contribution in [-0.2, 0) is 0 Å². The largest absolute Gasteiger partial charge is 0.389 e. The van der Waals surface area contributed by atoms with Crippen molar-refractivity contribution in [2.45, 2.75) is 78.4 Å². The summed E-state index contributed by atoms with van der Waals surface area (Å²) in [5.41, 5.74) is -1.45. The summed E-state index contributed by atoms with van der Waals surface area (Å²) in [5, 5.41) is 22.3. The Morgan fingerprint density at radius 3 is 2.14 bits per heavy atom. The number of rotatable bonds is 6. The molecular formula is C18H35NO2. The molecule has 3 nitrogen and oxygen atoms in total. The SMILES string of the molecule is CCN(CC)C[C@@](C)(O)C[C@@]1(O)CC2CC[C@]1(C)C2(C)C. The van der Waals surface area contributed by atoms with E-state index in [-0.39, 0.29) is 10.8 Å². The van der Waals surface area contributed by atoms with Crippen LogP contribution in [0.15, 0.2) is 0 Å². The highest BCUT2D eigenvalue weighted by Gasteiger charge is 2.68. The lowest BCUT2D eigenvalue weighted by molar-refractivity contribution is -0.139. The zero-order chi connectivity index (χ0) is 16.1. The molecule has 2 N–H and O–H groups in total. The molecule has 3 heteroatoms. The number of nitrogens with zero attached hydrogens (tertiary/aromatic N) is 1. The summed E-state index contributed by atoms with van der Waals surface area (Å²) >= 11 is 0. The first-order chi connectivity index (χ1) is 9.51. The van der Waals surface area contributed by atoms with E-state index < -0.39 is 11.2 Å². The van der Waals surface area contributed by atoms with Gasteiger partial charge in [-0.2, -0.15) is 0 Å². The minimum atomic E-state index is -0.829. The Morgan fingerprint density at radius 2 is 1.76 bits per heavy atom. The summed E-state index contributed by atoms with van der Waals surface area (Å²) in [5.74, 6) is 0.594. The molecule has 2 aliphatic carbocycles. The van der Waals surface area contributed by atoms with Crippen molar-refractivity contribution in [3.8, 4) is 0 Å². The molecule has 0 amide bonds. The minimum absolute atomic E-state index is 0.0715. The first-order valence-corrected chi connectivity index (χ1v) is 8.68. The monoisotopic (exact) mass is 297 g/mol. The van der Waals surface area contributed by atoms with Crippen LogP contribution in [0.2, 0.25) is 0 Å². The van der Waals surface area contributed by atoms with Crippen molar-refractivity contribution in [3.05, 3.63) is 0 Å². The Morgan fingerprint density at radius 1 is 1.19 bits per heavy atom. The number of aliphatic hydroxyl groups is 2. The van der Waals surface area contributed by atoms with E-state index in [0.29, 0.717) is 18.9 Å². The lowest BCUT2D eigenvalue weighted by atomic mass is 9.62. The van der Waals surface area contributed by atoms with E-state index in [9.17, 15) is 10.2 Å². The van der Waals surface area contributed by atoms with Crippen LogP contribution in [0.3, 0.4) is 0 Å². The number of likely N-dealkylation sites (N-methyl/N-ethyl adjacent to an activating group) is 1. The predicted octanol–water partition coefficient (Wildman–Crippen LogP) is 3.05. The standard InChI is InChI=1S/C18H35NO2/c1-7-19(8-2)13-16(5,20)12-18(21)11-14-9-10-17(18,6)15(14,3)4/h14,20-21H,7-13H2,1-6H3/t14?,16-,17+,18-/m0/s1. The second-order valence-electron chi connectivity index (χ2n) is 8.66. The average molecular weight is 297 g/mol. The summed E-state index contributed by atoms with van der Waals surface area (Å²) in [4.78, 5) is 2.24. The zero-order valence-electron chi connectivity index (χ0n) is 14.9. The molecule has 2 rings (SSSR count). The van der Waals surface area contributed by atoms with Crippen molar-refractivity contribution in [2.75, 3.05) is 19.6 Å². The van der Waals surface area contributed by atoms with Crippen LogP contribution in [-0.4, -0.2) is 45.9 Å². The van der Waals surface area contributed by atoms with Crippen LogP contribution in [0.5, 0.6) is 0 Å². The molecule has 0 aromatic rings. The summed E-state index contributed by atoms with van der Waals surface area (Å²) in [7, 11) is 0. The van der Waals surface area contributed by atoms with Crippen LogP contribution >= 0.6 is 0 Å². The molecule has 4 atom stereocenters. The van der Waals surface area contributed by atoms with Crippen molar-refractivity contribution < 1.29 is 10.2 Å². The van der Waals surface area contributed by atoms with Gasteiger partial charge < -0.3 is 15.1 Å². The Hall–Kier alpha value is -0.120. The van der Waals surface area contributed by atoms with Gasteiger partial charge in [0.1, 0.15) is 0 Å². The van der Waals surface area contributed by atoms with Gasteiger partial charge in [0.15, 0.2) is 0 Å². The van der Waals surface area contributed by atoms with Crippen molar-refractivity contribution in [3.63, 3.8) is 0 Å². The zero-order valence-corrected chi connectivity index (χ0v) is 14.9. The van der Waals surface area contributed by atoms with E-state index in [0.717, 1.165) is 25.9 Å². The molecule has 0 saturated heterocycles. The third kappa shape index (κ3) is 2.55. The maximum absolute atomic E-state index is 11.4. The second kappa shape index (κ2) is 5.21. The van der Waals surface area contributed by atoms with E-state index in [1.165, 1.54) is 6.42 Å². The molecule has 0 heterocycles. The number of hydrogen-bond acceptors (Lipinski definition) is 3. The minimum Gasteiger partial charge on any atom is -0.389 e. The lowest BCUT2D eigenvalue weighted by Gasteiger charge is -2.48. The third-order valence-corrected chi connectivity index (χ3v) is 7.18. The Kier molecular flexibility index (Phi) is 4.28. The Balaban J connectivity index is 2.16. The highest BCUT2D eigenvalue weighted by atomic mass is 16.3. The van der Waals surface area contributed by atoms with Gasteiger partial charge in [-0.1, -0.05) is 34.6 Å². The van der Waals surface area contributed by atoms with Gasteiger partial charge in [-0.25, -0.2) is 0 Å².